The fraction of sp³-hybridized carbons (Fsp3) is 0.0769. The number of carbonyl (C=O) groups excluding carboxylic acids is 1. The molecule has 0 bridgehead atoms. The van der Waals surface area contributed by atoms with Gasteiger partial charge >= 0.3 is 5.69 Å². The summed E-state index contributed by atoms with van der Waals surface area (Å²) in [4.78, 5) is 25.9. The van der Waals surface area contributed by atoms with Crippen molar-refractivity contribution in [3.8, 4) is 0 Å². The van der Waals surface area contributed by atoms with E-state index in [1.807, 2.05) is 12.1 Å². The van der Waals surface area contributed by atoms with E-state index in [1.165, 1.54) is 24.8 Å². The maximum absolute atomic E-state index is 10.9. The Morgan fingerprint density at radius 2 is 1.95 bits per heavy atom. The molecule has 0 atom stereocenters. The van der Waals surface area contributed by atoms with Crippen molar-refractivity contribution in [2.24, 2.45) is 0 Å². The minimum atomic E-state index is -0.570. The molecule has 2 aromatic rings. The third-order valence-corrected chi connectivity index (χ3v) is 3.42. The van der Waals surface area contributed by atoms with Crippen molar-refractivity contribution >= 4 is 34.9 Å². The van der Waals surface area contributed by atoms with Crippen LogP contribution in [0.1, 0.15) is 6.92 Å². The third kappa shape index (κ3) is 3.93. The highest BCUT2D eigenvalue weighted by Crippen LogP contribution is 2.30. The lowest BCUT2D eigenvalue weighted by Gasteiger charge is -2.05. The van der Waals surface area contributed by atoms with E-state index in [1.54, 1.807) is 18.2 Å². The van der Waals surface area contributed by atoms with E-state index in [4.69, 9.17) is 5.73 Å². The molecular weight excluding hydrogens is 292 g/mol. The SMILES string of the molecule is CC(=O)Nc1ccc(Sc2ccc([N+](=O)[O-])c(N)n2)cc1. The molecule has 21 heavy (non-hydrogen) atoms. The van der Waals surface area contributed by atoms with E-state index in [0.717, 1.165) is 4.90 Å². The minimum Gasteiger partial charge on any atom is -0.378 e. The predicted octanol–water partition coefficient (Wildman–Crippen LogP) is 2.68. The van der Waals surface area contributed by atoms with E-state index < -0.39 is 4.92 Å². The molecular formula is C13H12N4O3S. The topological polar surface area (TPSA) is 111 Å². The lowest BCUT2D eigenvalue weighted by molar-refractivity contribution is -0.384. The lowest BCUT2D eigenvalue weighted by Crippen LogP contribution is -2.05. The molecule has 1 heterocycles. The molecule has 0 aliphatic heterocycles. The van der Waals surface area contributed by atoms with Crippen molar-refractivity contribution in [1.82, 2.24) is 4.98 Å². The zero-order valence-corrected chi connectivity index (χ0v) is 11.9. The smallest absolute Gasteiger partial charge is 0.311 e. The van der Waals surface area contributed by atoms with Gasteiger partial charge in [0.2, 0.25) is 11.7 Å². The summed E-state index contributed by atoms with van der Waals surface area (Å²) < 4.78 is 0. The van der Waals surface area contributed by atoms with Gasteiger partial charge in [-0.3, -0.25) is 14.9 Å². The number of nitrogens with two attached hydrogens (primary N) is 1. The van der Waals surface area contributed by atoms with Crippen molar-refractivity contribution < 1.29 is 9.72 Å². The first-order chi connectivity index (χ1) is 9.95. The summed E-state index contributed by atoms with van der Waals surface area (Å²) >= 11 is 1.32. The largest absolute Gasteiger partial charge is 0.378 e. The highest BCUT2D eigenvalue weighted by Gasteiger charge is 2.13. The number of carbonyl (C=O) groups is 1. The average molecular weight is 304 g/mol. The Morgan fingerprint density at radius 1 is 1.29 bits per heavy atom. The molecule has 8 heteroatoms. The molecule has 3 N–H and O–H groups in total. The molecule has 0 fully saturated rings. The maximum atomic E-state index is 10.9. The van der Waals surface area contributed by atoms with E-state index in [0.29, 0.717) is 10.7 Å². The molecule has 0 saturated carbocycles. The Kier molecular flexibility index (Phi) is 4.39. The number of pyridine rings is 1. The van der Waals surface area contributed by atoms with Gasteiger partial charge in [0.15, 0.2) is 0 Å². The predicted molar refractivity (Wildman–Crippen MR) is 80.2 cm³/mol. The summed E-state index contributed by atoms with van der Waals surface area (Å²) in [5.41, 5.74) is 6.03. The Labute approximate surface area is 124 Å². The average Bonchev–Trinajstić information content (AvgIpc) is 2.40. The Balaban J connectivity index is 2.13. The molecule has 0 unspecified atom stereocenters. The van der Waals surface area contributed by atoms with Crippen molar-refractivity contribution in [3.05, 3.63) is 46.5 Å². The number of hydrogen-bond acceptors (Lipinski definition) is 6. The Hall–Kier alpha value is -2.61. The first-order valence-corrected chi connectivity index (χ1v) is 6.74. The zero-order chi connectivity index (χ0) is 15.4. The molecule has 0 spiro atoms. The summed E-state index contributed by atoms with van der Waals surface area (Å²) in [5, 5.41) is 13.9. The summed E-state index contributed by atoms with van der Waals surface area (Å²) in [5.74, 6) is -0.250. The van der Waals surface area contributed by atoms with Crippen LogP contribution in [0.2, 0.25) is 0 Å². The second-order valence-corrected chi connectivity index (χ2v) is 5.21. The van der Waals surface area contributed by atoms with Crippen molar-refractivity contribution in [1.29, 1.82) is 0 Å². The van der Waals surface area contributed by atoms with Crippen LogP contribution in [-0.2, 0) is 4.79 Å². The van der Waals surface area contributed by atoms with Crippen LogP contribution in [0.15, 0.2) is 46.3 Å². The van der Waals surface area contributed by atoms with Gasteiger partial charge in [0.1, 0.15) is 5.03 Å². The van der Waals surface area contributed by atoms with Gasteiger partial charge in [-0.15, -0.1) is 0 Å². The molecule has 108 valence electrons. The number of anilines is 2. The number of benzene rings is 1. The van der Waals surface area contributed by atoms with E-state index in [2.05, 4.69) is 10.3 Å². The molecule has 7 nitrogen and oxygen atoms in total. The van der Waals surface area contributed by atoms with E-state index in [-0.39, 0.29) is 17.4 Å². The van der Waals surface area contributed by atoms with Gasteiger partial charge in [-0.2, -0.15) is 0 Å². The van der Waals surface area contributed by atoms with Crippen LogP contribution in [0.3, 0.4) is 0 Å². The molecule has 0 aliphatic carbocycles. The molecule has 0 radical (unpaired) electrons. The van der Waals surface area contributed by atoms with Crippen LogP contribution in [0.25, 0.3) is 0 Å². The number of rotatable bonds is 4. The number of nitrogen functional groups attached to an aromatic ring is 1. The monoisotopic (exact) mass is 304 g/mol. The second kappa shape index (κ2) is 6.23. The lowest BCUT2D eigenvalue weighted by atomic mass is 10.3. The third-order valence-electron chi connectivity index (χ3n) is 2.47. The van der Waals surface area contributed by atoms with E-state index >= 15 is 0 Å². The highest BCUT2D eigenvalue weighted by molar-refractivity contribution is 7.99. The number of nitrogens with zero attached hydrogens (tertiary/aromatic N) is 2. The van der Waals surface area contributed by atoms with Gasteiger partial charge in [0, 0.05) is 23.6 Å². The van der Waals surface area contributed by atoms with Crippen LogP contribution in [0, 0.1) is 10.1 Å². The first-order valence-electron chi connectivity index (χ1n) is 5.92. The number of aromatic nitrogens is 1. The number of amides is 1. The molecule has 1 amide bonds. The Bertz CT molecular complexity index is 688. The van der Waals surface area contributed by atoms with Crippen LogP contribution in [0.4, 0.5) is 17.2 Å². The van der Waals surface area contributed by atoms with Gasteiger partial charge in [0.25, 0.3) is 0 Å². The minimum absolute atomic E-state index is 0.111. The normalized spacial score (nSPS) is 10.1. The number of nitrogens with one attached hydrogen (secondary N) is 1. The Morgan fingerprint density at radius 3 is 2.48 bits per heavy atom. The van der Waals surface area contributed by atoms with Crippen molar-refractivity contribution in [3.63, 3.8) is 0 Å². The fourth-order valence-electron chi connectivity index (χ4n) is 1.59. The van der Waals surface area contributed by atoms with Crippen molar-refractivity contribution in [2.75, 3.05) is 11.1 Å². The molecule has 0 aliphatic rings. The molecule has 1 aromatic carbocycles. The standard InChI is InChI=1S/C13H12N4O3S/c1-8(18)15-9-2-4-10(5-3-9)21-12-7-6-11(17(19)20)13(14)16-12/h2-7H,1H3,(H2,14,16)(H,15,18). The van der Waals surface area contributed by atoms with Gasteiger partial charge in [-0.25, -0.2) is 4.98 Å². The summed E-state index contributed by atoms with van der Waals surface area (Å²) in [6, 6.07) is 10.0. The molecule has 1 aromatic heterocycles. The van der Waals surface area contributed by atoms with Crippen LogP contribution in [0.5, 0.6) is 0 Å². The summed E-state index contributed by atoms with van der Waals surface area (Å²) in [6.07, 6.45) is 0. The van der Waals surface area contributed by atoms with Crippen molar-refractivity contribution in [2.45, 2.75) is 16.8 Å². The number of nitro groups is 1. The summed E-state index contributed by atoms with van der Waals surface area (Å²) in [6.45, 7) is 1.44. The fourth-order valence-corrected chi connectivity index (χ4v) is 2.38. The van der Waals surface area contributed by atoms with Gasteiger partial charge in [0.05, 0.1) is 4.92 Å². The quantitative estimate of drug-likeness (QED) is 0.663. The van der Waals surface area contributed by atoms with Gasteiger partial charge in [-0.1, -0.05) is 11.8 Å². The van der Waals surface area contributed by atoms with Crippen LogP contribution >= 0.6 is 11.8 Å². The maximum Gasteiger partial charge on any atom is 0.311 e. The first kappa shape index (κ1) is 14.8. The van der Waals surface area contributed by atoms with Gasteiger partial charge < -0.3 is 11.1 Å². The molecule has 2 rings (SSSR count). The number of hydrogen-bond donors (Lipinski definition) is 2. The summed E-state index contributed by atoms with van der Waals surface area (Å²) in [7, 11) is 0. The van der Waals surface area contributed by atoms with Crippen LogP contribution < -0.4 is 11.1 Å². The second-order valence-electron chi connectivity index (χ2n) is 4.12. The zero-order valence-electron chi connectivity index (χ0n) is 11.1. The van der Waals surface area contributed by atoms with Crippen LogP contribution in [-0.4, -0.2) is 15.8 Å². The molecule has 0 saturated heterocycles. The van der Waals surface area contributed by atoms with Gasteiger partial charge in [-0.05, 0) is 30.3 Å². The highest BCUT2D eigenvalue weighted by atomic mass is 32.2. The van der Waals surface area contributed by atoms with E-state index in [9.17, 15) is 14.9 Å².